The molecule has 34 heteroatoms. The highest BCUT2D eigenvalue weighted by atomic mass is 16.8. The number of carbonyl (C=O) groups excluding carboxylic acids is 1. The molecule has 5 aliphatic carbocycles. The van der Waals surface area contributed by atoms with Crippen LogP contribution in [-0.4, -0.2) is 345 Å². The zero-order valence-electron chi connectivity index (χ0n) is 60.2. The van der Waals surface area contributed by atoms with Crippen molar-refractivity contribution in [3.05, 3.63) is 11.6 Å². The third-order valence-corrected chi connectivity index (χ3v) is 26.9. The van der Waals surface area contributed by atoms with E-state index in [0.717, 1.165) is 19.3 Å². The molecule has 0 radical (unpaired) electrons. The molecule has 11 fully saturated rings. The summed E-state index contributed by atoms with van der Waals surface area (Å²) in [5, 5.41) is 207. The SMILES string of the molecule is C[C@@H]1O[C@@H](O[C@H]2[C@H](O)[C@@H](O)[C@H](OC[C@H]3O[C@H](OC(=O)[C@]45CCC(C)(C)C[C@H]4C4=CC[C@@H]6[C@@]7(C)CC[C@H](O[C@@H]8OC[C@H](O)[C@H](O)[C@H]8O[C@@H]8O[C@@H](C)[C@H](O)[C@@H](O[C@@H]9OC[C@@H](O[C@@H]%10O[C@H](CO)[C@@H](O)[C@H](O)[C@H]%10O)[C@@H](O)[C@H]9O)[C@H]8O)C(C)(C)[C@@H]7CC[C@@]6(C)[C@]4(C)CC5)[C@H](O)[C@@H](O)[C@@H]3O)O[C@@H]2CO)[C@H](O)[C@H](O)[C@H]1O. The molecular weight excluding hydrogens is 1380 g/mol. The first-order valence-electron chi connectivity index (χ1n) is 36.9. The molecule has 12 aliphatic rings. The Hall–Kier alpha value is -2.07. The van der Waals surface area contributed by atoms with E-state index >= 15 is 4.79 Å². The highest BCUT2D eigenvalue weighted by molar-refractivity contribution is 5.79. The lowest BCUT2D eigenvalue weighted by Crippen LogP contribution is -2.66. The first-order chi connectivity index (χ1) is 48.8. The Labute approximate surface area is 602 Å². The minimum absolute atomic E-state index is 0.0702. The molecule has 598 valence electrons. The highest BCUT2D eigenvalue weighted by Gasteiger charge is 2.71. The Morgan fingerprint density at radius 1 is 0.462 bits per heavy atom. The summed E-state index contributed by atoms with van der Waals surface area (Å²) in [4.78, 5) is 15.4. The molecule has 104 heavy (non-hydrogen) atoms. The second-order valence-electron chi connectivity index (χ2n) is 33.8. The highest BCUT2D eigenvalue weighted by Crippen LogP contribution is 2.76. The Morgan fingerprint density at radius 3 is 1.68 bits per heavy atom. The summed E-state index contributed by atoms with van der Waals surface area (Å²) in [6.07, 6.45) is -45.9. The molecule has 0 bridgehead atoms. The first-order valence-corrected chi connectivity index (χ1v) is 36.9. The predicted molar refractivity (Wildman–Crippen MR) is 346 cm³/mol. The van der Waals surface area contributed by atoms with Crippen molar-refractivity contribution in [2.24, 2.45) is 50.2 Å². The van der Waals surface area contributed by atoms with Crippen molar-refractivity contribution in [3.8, 4) is 0 Å². The molecule has 41 atom stereocenters. The van der Waals surface area contributed by atoms with Gasteiger partial charge in [0.1, 0.15) is 146 Å². The maximum absolute atomic E-state index is 15.4. The van der Waals surface area contributed by atoms with Gasteiger partial charge in [-0.1, -0.05) is 60.1 Å². The van der Waals surface area contributed by atoms with Gasteiger partial charge in [0.05, 0.1) is 56.8 Å². The Kier molecular flexibility index (Phi) is 24.1. The van der Waals surface area contributed by atoms with Gasteiger partial charge in [-0.25, -0.2) is 0 Å². The number of esters is 1. The van der Waals surface area contributed by atoms with Crippen molar-refractivity contribution in [1.82, 2.24) is 0 Å². The fourth-order valence-corrected chi connectivity index (χ4v) is 20.2. The van der Waals surface area contributed by atoms with Crippen LogP contribution in [-0.2, 0) is 71.1 Å². The number of hydrogen-bond donors (Lipinski definition) is 19. The van der Waals surface area contributed by atoms with Crippen molar-refractivity contribution < 1.29 is 168 Å². The fourth-order valence-electron chi connectivity index (χ4n) is 20.2. The van der Waals surface area contributed by atoms with Crippen molar-refractivity contribution in [2.75, 3.05) is 33.0 Å². The summed E-state index contributed by atoms with van der Waals surface area (Å²) in [7, 11) is 0. The van der Waals surface area contributed by atoms with Gasteiger partial charge in [0.15, 0.2) is 37.7 Å². The van der Waals surface area contributed by atoms with Crippen molar-refractivity contribution in [2.45, 2.75) is 335 Å². The monoisotopic (exact) mass is 1500 g/mol. The van der Waals surface area contributed by atoms with Crippen LogP contribution >= 0.6 is 0 Å². The third kappa shape index (κ3) is 14.3. The second-order valence-corrected chi connectivity index (χ2v) is 33.8. The van der Waals surface area contributed by atoms with Crippen LogP contribution in [0.25, 0.3) is 0 Å². The Bertz CT molecular complexity index is 2950. The quantitative estimate of drug-likeness (QED) is 0.0368. The van der Waals surface area contributed by atoms with Crippen molar-refractivity contribution in [1.29, 1.82) is 0 Å². The summed E-state index contributed by atoms with van der Waals surface area (Å²) >= 11 is 0. The van der Waals surface area contributed by atoms with E-state index in [2.05, 4.69) is 54.5 Å². The number of fused-ring (bicyclic) bond motifs is 7. The van der Waals surface area contributed by atoms with E-state index in [1.165, 1.54) is 19.4 Å². The van der Waals surface area contributed by atoms with Gasteiger partial charge >= 0.3 is 5.97 Å². The van der Waals surface area contributed by atoms with Crippen LogP contribution in [0.15, 0.2) is 11.6 Å². The third-order valence-electron chi connectivity index (χ3n) is 26.9. The number of aliphatic hydroxyl groups excluding tert-OH is 19. The van der Waals surface area contributed by atoms with Gasteiger partial charge in [0, 0.05) is 0 Å². The van der Waals surface area contributed by atoms with Crippen LogP contribution in [0.2, 0.25) is 0 Å². The molecule has 7 saturated heterocycles. The van der Waals surface area contributed by atoms with Gasteiger partial charge in [0.2, 0.25) is 6.29 Å². The minimum atomic E-state index is -1.92. The van der Waals surface area contributed by atoms with Crippen LogP contribution in [0.3, 0.4) is 0 Å². The lowest BCUT2D eigenvalue weighted by Gasteiger charge is -2.71. The number of rotatable bonds is 17. The van der Waals surface area contributed by atoms with E-state index in [0.29, 0.717) is 44.9 Å². The summed E-state index contributed by atoms with van der Waals surface area (Å²) in [6.45, 7) is 15.6. The Balaban J connectivity index is 0.696. The van der Waals surface area contributed by atoms with E-state index in [4.69, 9.17) is 66.3 Å². The zero-order valence-corrected chi connectivity index (χ0v) is 60.2. The van der Waals surface area contributed by atoms with Gasteiger partial charge < -0.3 is 163 Å². The molecule has 34 nitrogen and oxygen atoms in total. The van der Waals surface area contributed by atoms with Gasteiger partial charge in [-0.2, -0.15) is 0 Å². The number of hydrogen-bond acceptors (Lipinski definition) is 34. The van der Waals surface area contributed by atoms with Crippen molar-refractivity contribution in [3.63, 3.8) is 0 Å². The molecule has 0 aromatic rings. The average molecular weight is 1500 g/mol. The van der Waals surface area contributed by atoms with Crippen LogP contribution in [0.5, 0.6) is 0 Å². The molecule has 7 aliphatic heterocycles. The number of allylic oxidation sites excluding steroid dienone is 2. The predicted octanol–water partition coefficient (Wildman–Crippen LogP) is -5.23. The Morgan fingerprint density at radius 2 is 1.01 bits per heavy atom. The maximum atomic E-state index is 15.4. The van der Waals surface area contributed by atoms with E-state index in [1.807, 2.05) is 0 Å². The molecule has 0 aromatic carbocycles. The zero-order chi connectivity index (χ0) is 75.7. The van der Waals surface area contributed by atoms with E-state index in [1.54, 1.807) is 0 Å². The lowest BCUT2D eigenvalue weighted by molar-refractivity contribution is -0.382. The van der Waals surface area contributed by atoms with Crippen molar-refractivity contribution >= 4 is 5.97 Å². The molecule has 0 aromatic heterocycles. The van der Waals surface area contributed by atoms with E-state index < -0.39 is 257 Å². The summed E-state index contributed by atoms with van der Waals surface area (Å²) in [5.74, 6) is -0.720. The lowest BCUT2D eigenvalue weighted by atomic mass is 9.33. The number of aliphatic hydroxyl groups is 19. The molecule has 0 unspecified atom stereocenters. The van der Waals surface area contributed by atoms with Gasteiger partial charge in [-0.3, -0.25) is 4.79 Å². The van der Waals surface area contributed by atoms with Gasteiger partial charge in [-0.15, -0.1) is 0 Å². The van der Waals surface area contributed by atoms with Crippen LogP contribution in [0.4, 0.5) is 0 Å². The summed E-state index contributed by atoms with van der Waals surface area (Å²) in [6, 6.07) is 0. The summed E-state index contributed by atoms with van der Waals surface area (Å²) < 4.78 is 83.2. The first kappa shape index (κ1) is 81.4. The van der Waals surface area contributed by atoms with Gasteiger partial charge in [0.25, 0.3) is 0 Å². The maximum Gasteiger partial charge on any atom is 0.315 e. The van der Waals surface area contributed by atoms with E-state index in [9.17, 15) is 97.0 Å². The molecule has 4 saturated carbocycles. The molecule has 7 heterocycles. The molecule has 12 rings (SSSR count). The largest absolute Gasteiger partial charge is 0.432 e. The average Bonchev–Trinajstić information content (AvgIpc) is 0.675. The van der Waals surface area contributed by atoms with E-state index in [-0.39, 0.29) is 40.6 Å². The molecule has 19 N–H and O–H groups in total. The number of ether oxygens (including phenoxy) is 14. The van der Waals surface area contributed by atoms with Crippen LogP contribution in [0.1, 0.15) is 127 Å². The van der Waals surface area contributed by atoms with Gasteiger partial charge in [-0.05, 0) is 123 Å². The fraction of sp³-hybridized carbons (Fsp3) is 0.957. The molecule has 0 spiro atoms. The molecule has 0 amide bonds. The van der Waals surface area contributed by atoms with Crippen LogP contribution < -0.4 is 0 Å². The van der Waals surface area contributed by atoms with Crippen LogP contribution in [0, 0.1) is 50.2 Å². The standard InChI is InChI=1S/C70H114O34/c1-26-38(74)44(80)49(85)59(94-26)101-54-32(22-72)97-57(52(88)47(54)83)92-24-33-42(78)46(82)51(87)61(99-33)104-64(90)70-18-16-65(3,4)20-29(70)28-10-11-36-67(7)14-13-37(66(5,6)35(67)12-15-69(36,9)68(28,8)17-19-70)100-63-56(40(76)30(73)23-91-63)103-62-53(89)55(39(75)27(2)95-62)102-58-48(84)43(79)34(25-93-58)98-60-50(86)45(81)41(77)31(21-71)96-60/h10,26-27,29-63,71-89H,11-25H2,1-9H3/t26-,27-,29-,30-,31+,32+,33+,34+,35-,36+,37-,38-,39-,40-,41+,42+,43+,44+,45-,46-,47+,48+,49+,50+,51+,52+,53+,54+,55+,56+,57+,58-,59-,60-,61+,62-,63-,67-,68+,69+,70-/m0/s1. The minimum Gasteiger partial charge on any atom is -0.432 e. The second kappa shape index (κ2) is 30.8. The summed E-state index contributed by atoms with van der Waals surface area (Å²) in [5.41, 5.74) is -1.63. The number of carbonyl (C=O) groups is 1. The topological polar surface area (TPSA) is 531 Å². The normalized spacial score (nSPS) is 54.7. The smallest absolute Gasteiger partial charge is 0.315 e. The molecular formula is C70H114O34.